The highest BCUT2D eigenvalue weighted by Gasteiger charge is 2.04. The zero-order chi connectivity index (χ0) is 12.4. The van der Waals surface area contributed by atoms with Gasteiger partial charge in [-0.15, -0.1) is 0 Å². The average Bonchev–Trinajstić information content (AvgIpc) is 2.27. The molecule has 88 valence electrons. The number of rotatable bonds is 2. The quantitative estimate of drug-likeness (QED) is 0.474. The maximum Gasteiger partial charge on any atom is 0.0540 e. The molecule has 2 rings (SSSR count). The van der Waals surface area contributed by atoms with Gasteiger partial charge in [0, 0.05) is 18.2 Å². The standard InChI is InChI=1S/C12H9Br2IN2/c13-7-1-3-9(14)12(5-7)17-11-4-2-8(16)6-10(11)15/h1-6,17H,16H2. The van der Waals surface area contributed by atoms with Gasteiger partial charge in [-0.2, -0.15) is 0 Å². The second-order valence-electron chi connectivity index (χ2n) is 3.49. The van der Waals surface area contributed by atoms with Gasteiger partial charge in [-0.3, -0.25) is 0 Å². The molecule has 17 heavy (non-hydrogen) atoms. The van der Waals surface area contributed by atoms with Gasteiger partial charge in [0.1, 0.15) is 0 Å². The minimum Gasteiger partial charge on any atom is -0.399 e. The van der Waals surface area contributed by atoms with E-state index >= 15 is 0 Å². The molecule has 2 aromatic rings. The number of anilines is 3. The summed E-state index contributed by atoms with van der Waals surface area (Å²) >= 11 is 9.24. The van der Waals surface area contributed by atoms with Crippen LogP contribution in [0.3, 0.4) is 0 Å². The van der Waals surface area contributed by atoms with Gasteiger partial charge in [-0.25, -0.2) is 0 Å². The van der Waals surface area contributed by atoms with Crippen LogP contribution in [0.25, 0.3) is 0 Å². The summed E-state index contributed by atoms with van der Waals surface area (Å²) in [5.41, 5.74) is 8.55. The Bertz CT molecular complexity index is 558. The molecule has 5 heteroatoms. The van der Waals surface area contributed by atoms with Crippen LogP contribution in [-0.4, -0.2) is 0 Å². The summed E-state index contributed by atoms with van der Waals surface area (Å²) in [6, 6.07) is 11.8. The van der Waals surface area contributed by atoms with Crippen LogP contribution in [0.4, 0.5) is 17.1 Å². The molecule has 0 heterocycles. The normalized spacial score (nSPS) is 10.3. The highest BCUT2D eigenvalue weighted by atomic mass is 127. The van der Waals surface area contributed by atoms with Gasteiger partial charge in [-0.1, -0.05) is 15.9 Å². The summed E-state index contributed by atoms with van der Waals surface area (Å²) in [7, 11) is 0. The van der Waals surface area contributed by atoms with Crippen LogP contribution in [0, 0.1) is 3.57 Å². The fraction of sp³-hybridized carbons (Fsp3) is 0. The number of nitrogen functional groups attached to an aromatic ring is 1. The fourth-order valence-electron chi connectivity index (χ4n) is 1.37. The highest BCUT2D eigenvalue weighted by molar-refractivity contribution is 14.1. The Morgan fingerprint density at radius 2 is 1.76 bits per heavy atom. The Labute approximate surface area is 130 Å². The molecule has 0 aliphatic rings. The molecule has 0 atom stereocenters. The lowest BCUT2D eigenvalue weighted by molar-refractivity contribution is 1.49. The molecule has 0 aliphatic heterocycles. The van der Waals surface area contributed by atoms with Crippen LogP contribution < -0.4 is 11.1 Å². The van der Waals surface area contributed by atoms with E-state index < -0.39 is 0 Å². The van der Waals surface area contributed by atoms with Crippen molar-refractivity contribution in [2.24, 2.45) is 0 Å². The summed E-state index contributed by atoms with van der Waals surface area (Å²) in [6.07, 6.45) is 0. The van der Waals surface area contributed by atoms with Gasteiger partial charge in [0.25, 0.3) is 0 Å². The third-order valence-electron chi connectivity index (χ3n) is 2.19. The van der Waals surface area contributed by atoms with Crippen molar-refractivity contribution in [3.05, 3.63) is 48.9 Å². The first-order chi connectivity index (χ1) is 8.06. The lowest BCUT2D eigenvalue weighted by Gasteiger charge is -2.11. The molecule has 0 aliphatic carbocycles. The smallest absolute Gasteiger partial charge is 0.0540 e. The molecule has 0 spiro atoms. The van der Waals surface area contributed by atoms with Crippen molar-refractivity contribution in [3.63, 3.8) is 0 Å². The number of benzene rings is 2. The van der Waals surface area contributed by atoms with E-state index in [1.54, 1.807) is 0 Å². The van der Waals surface area contributed by atoms with Gasteiger partial charge >= 0.3 is 0 Å². The van der Waals surface area contributed by atoms with Crippen molar-refractivity contribution in [1.29, 1.82) is 0 Å². The van der Waals surface area contributed by atoms with E-state index in [1.165, 1.54) is 0 Å². The van der Waals surface area contributed by atoms with Crippen LogP contribution in [0.2, 0.25) is 0 Å². The van der Waals surface area contributed by atoms with Gasteiger partial charge in [-0.05, 0) is 74.9 Å². The van der Waals surface area contributed by atoms with E-state index in [0.29, 0.717) is 0 Å². The summed E-state index contributed by atoms with van der Waals surface area (Å²) in [5.74, 6) is 0. The SMILES string of the molecule is Nc1ccc(Nc2cc(Br)ccc2Br)c(I)c1. The van der Waals surface area contributed by atoms with E-state index in [-0.39, 0.29) is 0 Å². The Kier molecular flexibility index (Phi) is 4.32. The first kappa shape index (κ1) is 13.2. The molecular weight excluding hydrogens is 459 g/mol. The van der Waals surface area contributed by atoms with Crippen molar-refractivity contribution in [3.8, 4) is 0 Å². The number of nitrogens with two attached hydrogens (primary N) is 1. The maximum atomic E-state index is 5.73. The van der Waals surface area contributed by atoms with Crippen molar-refractivity contribution in [1.82, 2.24) is 0 Å². The van der Waals surface area contributed by atoms with Crippen molar-refractivity contribution < 1.29 is 0 Å². The zero-order valence-corrected chi connectivity index (χ0v) is 14.0. The molecule has 3 N–H and O–H groups in total. The van der Waals surface area contributed by atoms with Gasteiger partial charge in [0.2, 0.25) is 0 Å². The number of hydrogen-bond donors (Lipinski definition) is 2. The topological polar surface area (TPSA) is 38.0 Å². The predicted octanol–water partition coefficient (Wildman–Crippen LogP) is 5.14. The van der Waals surface area contributed by atoms with Crippen LogP contribution in [0.5, 0.6) is 0 Å². The lowest BCUT2D eigenvalue weighted by atomic mass is 10.2. The molecule has 0 saturated carbocycles. The largest absolute Gasteiger partial charge is 0.399 e. The lowest BCUT2D eigenvalue weighted by Crippen LogP contribution is -1.95. The second kappa shape index (κ2) is 5.58. The molecule has 0 amide bonds. The Morgan fingerprint density at radius 1 is 1.00 bits per heavy atom. The summed E-state index contributed by atoms with van der Waals surface area (Å²) < 4.78 is 3.15. The van der Waals surface area contributed by atoms with E-state index in [9.17, 15) is 0 Å². The van der Waals surface area contributed by atoms with E-state index in [1.807, 2.05) is 36.4 Å². The van der Waals surface area contributed by atoms with Crippen molar-refractivity contribution >= 4 is 71.5 Å². The Hall–Kier alpha value is -0.270. The highest BCUT2D eigenvalue weighted by Crippen LogP contribution is 2.31. The molecule has 0 aromatic heterocycles. The molecule has 0 saturated heterocycles. The Morgan fingerprint density at radius 3 is 2.47 bits per heavy atom. The molecule has 0 bridgehead atoms. The van der Waals surface area contributed by atoms with Crippen LogP contribution in [-0.2, 0) is 0 Å². The first-order valence-electron chi connectivity index (χ1n) is 4.83. The molecule has 0 radical (unpaired) electrons. The van der Waals surface area contributed by atoms with Crippen LogP contribution >= 0.6 is 54.5 Å². The van der Waals surface area contributed by atoms with Gasteiger partial charge in [0.05, 0.1) is 11.4 Å². The minimum absolute atomic E-state index is 0.772. The zero-order valence-electron chi connectivity index (χ0n) is 8.68. The molecular formula is C12H9Br2IN2. The number of halogens is 3. The monoisotopic (exact) mass is 466 g/mol. The van der Waals surface area contributed by atoms with E-state index in [2.05, 4.69) is 59.8 Å². The third kappa shape index (κ3) is 3.35. The molecule has 2 nitrogen and oxygen atoms in total. The first-order valence-corrected chi connectivity index (χ1v) is 7.50. The summed E-state index contributed by atoms with van der Waals surface area (Å²) in [4.78, 5) is 0. The minimum atomic E-state index is 0.772. The number of nitrogens with one attached hydrogen (secondary N) is 1. The van der Waals surface area contributed by atoms with Gasteiger partial charge < -0.3 is 11.1 Å². The molecule has 0 fully saturated rings. The summed E-state index contributed by atoms with van der Waals surface area (Å²) in [5, 5.41) is 3.37. The van der Waals surface area contributed by atoms with Gasteiger partial charge in [0.15, 0.2) is 0 Å². The predicted molar refractivity (Wildman–Crippen MR) is 88.7 cm³/mol. The van der Waals surface area contributed by atoms with Crippen molar-refractivity contribution in [2.45, 2.75) is 0 Å². The second-order valence-corrected chi connectivity index (χ2v) is 6.42. The van der Waals surface area contributed by atoms with Crippen LogP contribution in [0.15, 0.2) is 45.3 Å². The number of hydrogen-bond acceptors (Lipinski definition) is 2. The fourth-order valence-corrected chi connectivity index (χ4v) is 2.75. The van der Waals surface area contributed by atoms with Crippen molar-refractivity contribution in [2.75, 3.05) is 11.1 Å². The average molecular weight is 468 g/mol. The maximum absolute atomic E-state index is 5.73. The molecule has 2 aromatic carbocycles. The van der Waals surface area contributed by atoms with E-state index in [4.69, 9.17) is 5.73 Å². The molecule has 0 unspecified atom stereocenters. The van der Waals surface area contributed by atoms with E-state index in [0.717, 1.165) is 29.6 Å². The summed E-state index contributed by atoms with van der Waals surface area (Å²) in [6.45, 7) is 0. The Balaban J connectivity index is 2.34. The third-order valence-corrected chi connectivity index (χ3v) is 4.27. The van der Waals surface area contributed by atoms with Crippen LogP contribution in [0.1, 0.15) is 0 Å².